The Morgan fingerprint density at radius 2 is 2.17 bits per heavy atom. The van der Waals surface area contributed by atoms with Crippen molar-refractivity contribution < 1.29 is 4.79 Å². The Balaban J connectivity index is 2.16. The van der Waals surface area contributed by atoms with Gasteiger partial charge in [0.2, 0.25) is 5.82 Å². The summed E-state index contributed by atoms with van der Waals surface area (Å²) in [5.41, 5.74) is 0. The van der Waals surface area contributed by atoms with Gasteiger partial charge in [0.05, 0.1) is 0 Å². The van der Waals surface area contributed by atoms with E-state index in [9.17, 15) is 4.79 Å². The number of carbonyl (C=O) groups is 1. The molecule has 1 heterocycles. The zero-order valence-electron chi connectivity index (χ0n) is 6.79. The highest BCUT2D eigenvalue weighted by Gasteiger charge is 2.20. The second kappa shape index (κ2) is 3.05. The Labute approximate surface area is 70.4 Å². The first-order chi connectivity index (χ1) is 5.90. The number of aldehydes is 1. The summed E-state index contributed by atoms with van der Waals surface area (Å²) in [6, 6.07) is 0. The van der Waals surface area contributed by atoms with Gasteiger partial charge in [-0.1, -0.05) is 12.8 Å². The Hall–Kier alpha value is -1.19. The zero-order chi connectivity index (χ0) is 8.39. The topological polar surface area (TPSA) is 58.6 Å². The third-order valence-corrected chi connectivity index (χ3v) is 2.37. The van der Waals surface area contributed by atoms with E-state index >= 15 is 0 Å². The molecule has 12 heavy (non-hydrogen) atoms. The van der Waals surface area contributed by atoms with Crippen LogP contribution in [0.5, 0.6) is 0 Å². The highest BCUT2D eigenvalue weighted by Crippen LogP contribution is 2.31. The minimum atomic E-state index is 0.275. The fourth-order valence-electron chi connectivity index (χ4n) is 1.72. The predicted octanol–water partition coefficient (Wildman–Crippen LogP) is 1.27. The van der Waals surface area contributed by atoms with Crippen molar-refractivity contribution in [3.8, 4) is 0 Å². The summed E-state index contributed by atoms with van der Waals surface area (Å²) in [7, 11) is 0. The van der Waals surface area contributed by atoms with Crippen molar-refractivity contribution in [2.24, 2.45) is 0 Å². The normalized spacial score (nSPS) is 18.3. The molecule has 0 saturated heterocycles. The van der Waals surface area contributed by atoms with Crippen molar-refractivity contribution in [3.63, 3.8) is 0 Å². The standard InChI is InChI=1S/C8H11N3O/c12-5-7-9-8(11-10-7)6-3-1-2-4-6/h5-6H,1-4H2,(H,9,10,11). The molecule has 0 unspecified atom stereocenters. The maximum Gasteiger partial charge on any atom is 0.214 e. The van der Waals surface area contributed by atoms with Crippen LogP contribution in [0.1, 0.15) is 48.0 Å². The largest absolute Gasteiger partial charge is 0.294 e. The molecule has 1 aliphatic rings. The van der Waals surface area contributed by atoms with Crippen LogP contribution in [0, 0.1) is 0 Å². The van der Waals surface area contributed by atoms with Gasteiger partial charge in [-0.15, -0.1) is 0 Å². The Morgan fingerprint density at radius 3 is 2.75 bits per heavy atom. The number of hydrogen-bond donors (Lipinski definition) is 1. The van der Waals surface area contributed by atoms with Gasteiger partial charge >= 0.3 is 0 Å². The number of rotatable bonds is 2. The molecule has 4 nitrogen and oxygen atoms in total. The van der Waals surface area contributed by atoms with Gasteiger partial charge in [0.15, 0.2) is 6.29 Å². The summed E-state index contributed by atoms with van der Waals surface area (Å²) in [4.78, 5) is 14.4. The second-order valence-electron chi connectivity index (χ2n) is 3.18. The van der Waals surface area contributed by atoms with Crippen LogP contribution in [0.25, 0.3) is 0 Å². The molecular weight excluding hydrogens is 154 g/mol. The summed E-state index contributed by atoms with van der Waals surface area (Å²) in [5, 5.41) is 6.58. The highest BCUT2D eigenvalue weighted by atomic mass is 16.1. The van der Waals surface area contributed by atoms with Crippen LogP contribution >= 0.6 is 0 Å². The average molecular weight is 165 g/mol. The number of aromatic nitrogens is 3. The lowest BCUT2D eigenvalue weighted by molar-refractivity contribution is 0.111. The van der Waals surface area contributed by atoms with Crippen LogP contribution in [0.4, 0.5) is 0 Å². The van der Waals surface area contributed by atoms with Crippen molar-refractivity contribution in [1.82, 2.24) is 15.2 Å². The fraction of sp³-hybridized carbons (Fsp3) is 0.625. The van der Waals surface area contributed by atoms with Crippen LogP contribution in [0.15, 0.2) is 0 Å². The molecule has 0 bridgehead atoms. The van der Waals surface area contributed by atoms with Gasteiger partial charge in [0, 0.05) is 5.92 Å². The van der Waals surface area contributed by atoms with Crippen LogP contribution in [-0.2, 0) is 0 Å². The molecule has 1 N–H and O–H groups in total. The van der Waals surface area contributed by atoms with E-state index in [2.05, 4.69) is 15.2 Å². The Morgan fingerprint density at radius 1 is 1.42 bits per heavy atom. The molecule has 2 rings (SSSR count). The van der Waals surface area contributed by atoms with Crippen LogP contribution < -0.4 is 0 Å². The summed E-state index contributed by atoms with van der Waals surface area (Å²) in [5.74, 6) is 1.66. The van der Waals surface area contributed by atoms with Crippen molar-refractivity contribution in [1.29, 1.82) is 0 Å². The number of hydrogen-bond acceptors (Lipinski definition) is 3. The molecule has 0 aromatic carbocycles. The molecule has 1 aromatic rings. The summed E-state index contributed by atoms with van der Waals surface area (Å²) in [6.07, 6.45) is 5.56. The molecule has 0 amide bonds. The van der Waals surface area contributed by atoms with Gasteiger partial charge in [0.1, 0.15) is 5.82 Å². The highest BCUT2D eigenvalue weighted by molar-refractivity contribution is 5.68. The van der Waals surface area contributed by atoms with E-state index in [1.165, 1.54) is 25.7 Å². The number of nitrogens with zero attached hydrogens (tertiary/aromatic N) is 2. The molecular formula is C8H11N3O. The maximum atomic E-state index is 10.3. The lowest BCUT2D eigenvalue weighted by atomic mass is 10.1. The minimum Gasteiger partial charge on any atom is -0.294 e. The SMILES string of the molecule is O=Cc1n[nH]c(C2CCCC2)n1. The molecule has 1 aliphatic carbocycles. The van der Waals surface area contributed by atoms with Crippen LogP contribution in [0.2, 0.25) is 0 Å². The predicted molar refractivity (Wildman–Crippen MR) is 43.0 cm³/mol. The summed E-state index contributed by atoms with van der Waals surface area (Å²) < 4.78 is 0. The van der Waals surface area contributed by atoms with E-state index in [-0.39, 0.29) is 5.82 Å². The Bertz CT molecular complexity index is 276. The van der Waals surface area contributed by atoms with Gasteiger partial charge in [-0.05, 0) is 12.8 Å². The molecule has 1 fully saturated rings. The third-order valence-electron chi connectivity index (χ3n) is 2.37. The van der Waals surface area contributed by atoms with E-state index in [0.29, 0.717) is 12.2 Å². The van der Waals surface area contributed by atoms with Gasteiger partial charge < -0.3 is 0 Å². The van der Waals surface area contributed by atoms with E-state index < -0.39 is 0 Å². The van der Waals surface area contributed by atoms with Gasteiger partial charge in [-0.3, -0.25) is 9.89 Å². The Kier molecular flexibility index (Phi) is 1.89. The fourth-order valence-corrected chi connectivity index (χ4v) is 1.72. The number of H-pyrrole nitrogens is 1. The lowest BCUT2D eigenvalue weighted by Crippen LogP contribution is -1.94. The smallest absolute Gasteiger partial charge is 0.214 e. The number of carbonyl (C=O) groups excluding carboxylic acids is 1. The van der Waals surface area contributed by atoms with Crippen LogP contribution in [0.3, 0.4) is 0 Å². The van der Waals surface area contributed by atoms with Crippen molar-refractivity contribution in [2.45, 2.75) is 31.6 Å². The minimum absolute atomic E-state index is 0.275. The lowest BCUT2D eigenvalue weighted by Gasteiger charge is -2.01. The van der Waals surface area contributed by atoms with E-state index in [1.807, 2.05) is 0 Å². The second-order valence-corrected chi connectivity index (χ2v) is 3.18. The molecule has 0 spiro atoms. The molecule has 4 heteroatoms. The maximum absolute atomic E-state index is 10.3. The van der Waals surface area contributed by atoms with Crippen molar-refractivity contribution in [3.05, 3.63) is 11.6 Å². The molecule has 0 radical (unpaired) electrons. The van der Waals surface area contributed by atoms with Crippen LogP contribution in [-0.4, -0.2) is 21.5 Å². The quantitative estimate of drug-likeness (QED) is 0.671. The molecule has 64 valence electrons. The van der Waals surface area contributed by atoms with Gasteiger partial charge in [-0.2, -0.15) is 5.10 Å². The molecule has 0 atom stereocenters. The first kappa shape index (κ1) is 7.46. The first-order valence-corrected chi connectivity index (χ1v) is 4.27. The summed E-state index contributed by atoms with van der Waals surface area (Å²) >= 11 is 0. The van der Waals surface area contributed by atoms with E-state index in [1.54, 1.807) is 0 Å². The number of nitrogens with one attached hydrogen (secondary N) is 1. The summed E-state index contributed by atoms with van der Waals surface area (Å²) in [6.45, 7) is 0. The van der Waals surface area contributed by atoms with Gasteiger partial charge in [0.25, 0.3) is 0 Å². The van der Waals surface area contributed by atoms with E-state index in [0.717, 1.165) is 5.82 Å². The van der Waals surface area contributed by atoms with Crippen molar-refractivity contribution >= 4 is 6.29 Å². The van der Waals surface area contributed by atoms with Gasteiger partial charge in [-0.25, -0.2) is 4.98 Å². The molecule has 0 aliphatic heterocycles. The first-order valence-electron chi connectivity index (χ1n) is 4.27. The van der Waals surface area contributed by atoms with Crippen molar-refractivity contribution in [2.75, 3.05) is 0 Å². The third kappa shape index (κ3) is 1.24. The van der Waals surface area contributed by atoms with E-state index in [4.69, 9.17) is 0 Å². The monoisotopic (exact) mass is 165 g/mol. The zero-order valence-corrected chi connectivity index (χ0v) is 6.79. The molecule has 1 aromatic heterocycles. The average Bonchev–Trinajstić information content (AvgIpc) is 2.75. The number of aromatic amines is 1. The molecule has 1 saturated carbocycles.